The number of urea groups is 1. The molecule has 0 aromatic heterocycles. The van der Waals surface area contributed by atoms with Crippen LogP contribution in [-0.4, -0.2) is 29.3 Å². The highest BCUT2D eigenvalue weighted by molar-refractivity contribution is 6.31. The first kappa shape index (κ1) is 20.2. The predicted molar refractivity (Wildman–Crippen MR) is 108 cm³/mol. The number of nitrogens with zero attached hydrogens (tertiary/aromatic N) is 1. The second kappa shape index (κ2) is 7.81. The van der Waals surface area contributed by atoms with Gasteiger partial charge in [0.2, 0.25) is 5.91 Å². The Hall–Kier alpha value is -2.57. The van der Waals surface area contributed by atoms with Crippen molar-refractivity contribution < 1.29 is 14.4 Å². The molecule has 8 heteroatoms. The third-order valence-electron chi connectivity index (χ3n) is 4.80. The average molecular weight is 420 g/mol. The van der Waals surface area contributed by atoms with Gasteiger partial charge in [-0.3, -0.25) is 14.5 Å². The Balaban J connectivity index is 1.78. The maximum absolute atomic E-state index is 13.0. The maximum atomic E-state index is 13.0. The molecular weight excluding hydrogens is 401 g/mol. The van der Waals surface area contributed by atoms with Crippen molar-refractivity contribution in [1.29, 1.82) is 0 Å². The largest absolute Gasteiger partial charge is 0.325 e. The maximum Gasteiger partial charge on any atom is 0.325 e. The Kier molecular flexibility index (Phi) is 5.63. The number of imide groups is 1. The second-order valence-corrected chi connectivity index (χ2v) is 7.44. The van der Waals surface area contributed by atoms with Crippen molar-refractivity contribution in [1.82, 2.24) is 10.2 Å². The number of halogens is 2. The summed E-state index contributed by atoms with van der Waals surface area (Å²) < 4.78 is 0. The van der Waals surface area contributed by atoms with Crippen molar-refractivity contribution in [3.8, 4) is 0 Å². The van der Waals surface area contributed by atoms with E-state index in [9.17, 15) is 14.4 Å². The quantitative estimate of drug-likeness (QED) is 0.715. The van der Waals surface area contributed by atoms with Gasteiger partial charge in [0, 0.05) is 15.7 Å². The zero-order chi connectivity index (χ0) is 20.5. The van der Waals surface area contributed by atoms with Gasteiger partial charge in [-0.1, -0.05) is 48.3 Å². The highest BCUT2D eigenvalue weighted by atomic mass is 35.5. The van der Waals surface area contributed by atoms with E-state index in [2.05, 4.69) is 10.6 Å². The minimum Gasteiger partial charge on any atom is -0.324 e. The molecule has 2 N–H and O–H groups in total. The van der Waals surface area contributed by atoms with Crippen LogP contribution in [0.15, 0.2) is 42.5 Å². The van der Waals surface area contributed by atoms with Gasteiger partial charge in [0.15, 0.2) is 0 Å². The molecular formula is C20H19Cl2N3O3. The minimum absolute atomic E-state index is 0.338. The number of nitrogens with one attached hydrogen (secondary N) is 2. The van der Waals surface area contributed by atoms with Gasteiger partial charge in [0.1, 0.15) is 12.1 Å². The molecule has 0 bridgehead atoms. The van der Waals surface area contributed by atoms with Crippen molar-refractivity contribution in [3.63, 3.8) is 0 Å². The van der Waals surface area contributed by atoms with E-state index in [1.54, 1.807) is 49.4 Å². The SMILES string of the molecule is CC[C@]1(c2ccc(Cl)cc2)NC(=O)N(CC(=O)Nc2ccc(C)c(Cl)c2)C1=O. The molecule has 1 fully saturated rings. The Bertz CT molecular complexity index is 946. The van der Waals surface area contributed by atoms with Crippen LogP contribution in [0.1, 0.15) is 24.5 Å². The Morgan fingerprint density at radius 1 is 1.14 bits per heavy atom. The number of aryl methyl sites for hydroxylation is 1. The molecule has 0 saturated carbocycles. The Labute approximate surface area is 172 Å². The Morgan fingerprint density at radius 2 is 1.82 bits per heavy atom. The highest BCUT2D eigenvalue weighted by Crippen LogP contribution is 2.33. The topological polar surface area (TPSA) is 78.5 Å². The number of amides is 4. The number of rotatable bonds is 5. The second-order valence-electron chi connectivity index (χ2n) is 6.60. The molecule has 0 radical (unpaired) electrons. The lowest BCUT2D eigenvalue weighted by Gasteiger charge is -2.25. The summed E-state index contributed by atoms with van der Waals surface area (Å²) in [6, 6.07) is 11.2. The summed E-state index contributed by atoms with van der Waals surface area (Å²) in [5, 5.41) is 6.43. The summed E-state index contributed by atoms with van der Waals surface area (Å²) >= 11 is 12.0. The number of carbonyl (C=O) groups is 3. The molecule has 1 atom stereocenters. The summed E-state index contributed by atoms with van der Waals surface area (Å²) in [5.41, 5.74) is 0.775. The van der Waals surface area contributed by atoms with E-state index in [1.807, 2.05) is 6.92 Å². The lowest BCUT2D eigenvalue weighted by Crippen LogP contribution is -2.44. The fourth-order valence-electron chi connectivity index (χ4n) is 3.16. The Morgan fingerprint density at radius 3 is 2.43 bits per heavy atom. The summed E-state index contributed by atoms with van der Waals surface area (Å²) in [7, 11) is 0. The highest BCUT2D eigenvalue weighted by Gasteiger charge is 2.51. The fraction of sp³-hybridized carbons (Fsp3) is 0.250. The van der Waals surface area contributed by atoms with Crippen molar-refractivity contribution >= 4 is 46.7 Å². The van der Waals surface area contributed by atoms with Crippen LogP contribution in [0.3, 0.4) is 0 Å². The summed E-state index contributed by atoms with van der Waals surface area (Å²) in [4.78, 5) is 38.8. The van der Waals surface area contributed by atoms with Gasteiger partial charge in [-0.25, -0.2) is 4.79 Å². The molecule has 4 amide bonds. The first-order chi connectivity index (χ1) is 13.3. The third-order valence-corrected chi connectivity index (χ3v) is 5.46. The van der Waals surface area contributed by atoms with Crippen LogP contribution in [0, 0.1) is 6.92 Å². The monoisotopic (exact) mass is 419 g/mol. The van der Waals surface area contributed by atoms with Gasteiger partial charge >= 0.3 is 6.03 Å². The molecule has 1 saturated heterocycles. The van der Waals surface area contributed by atoms with E-state index < -0.39 is 29.9 Å². The van der Waals surface area contributed by atoms with Crippen LogP contribution < -0.4 is 10.6 Å². The summed E-state index contributed by atoms with van der Waals surface area (Å²) in [6.45, 7) is 3.25. The predicted octanol–water partition coefficient (Wildman–Crippen LogP) is 4.10. The average Bonchev–Trinajstić information content (AvgIpc) is 2.90. The van der Waals surface area contributed by atoms with Gasteiger partial charge in [0.25, 0.3) is 5.91 Å². The molecule has 0 spiro atoms. The van der Waals surface area contributed by atoms with Gasteiger partial charge in [0.05, 0.1) is 0 Å². The van der Waals surface area contributed by atoms with Crippen LogP contribution >= 0.6 is 23.2 Å². The van der Waals surface area contributed by atoms with Gasteiger partial charge in [-0.05, 0) is 48.7 Å². The number of benzene rings is 2. The van der Waals surface area contributed by atoms with E-state index >= 15 is 0 Å². The van der Waals surface area contributed by atoms with Gasteiger partial charge < -0.3 is 10.6 Å². The lowest BCUT2D eigenvalue weighted by molar-refractivity contribution is -0.134. The van der Waals surface area contributed by atoms with Crippen molar-refractivity contribution in [2.75, 3.05) is 11.9 Å². The van der Waals surface area contributed by atoms with E-state index in [4.69, 9.17) is 23.2 Å². The summed E-state index contributed by atoms with van der Waals surface area (Å²) in [6.07, 6.45) is 0.338. The number of anilines is 1. The molecule has 6 nitrogen and oxygen atoms in total. The standard InChI is InChI=1S/C20H19Cl2N3O3/c1-3-20(13-5-7-14(21)8-6-13)18(27)25(19(28)24-20)11-17(26)23-15-9-4-12(2)16(22)10-15/h4-10H,3,11H2,1-2H3,(H,23,26)(H,24,28)/t20-/m1/s1. The third kappa shape index (κ3) is 3.70. The van der Waals surface area contributed by atoms with Crippen molar-refractivity contribution in [2.45, 2.75) is 25.8 Å². The van der Waals surface area contributed by atoms with Crippen LogP contribution in [-0.2, 0) is 15.1 Å². The number of hydrogen-bond donors (Lipinski definition) is 2. The smallest absolute Gasteiger partial charge is 0.324 e. The minimum atomic E-state index is -1.21. The zero-order valence-corrected chi connectivity index (χ0v) is 16.9. The first-order valence-electron chi connectivity index (χ1n) is 8.73. The molecule has 28 heavy (non-hydrogen) atoms. The first-order valence-corrected chi connectivity index (χ1v) is 9.48. The molecule has 2 aromatic rings. The van der Waals surface area contributed by atoms with Crippen molar-refractivity contribution in [2.24, 2.45) is 0 Å². The molecule has 2 aromatic carbocycles. The van der Waals surface area contributed by atoms with Crippen LogP contribution in [0.25, 0.3) is 0 Å². The molecule has 1 aliphatic rings. The lowest BCUT2D eigenvalue weighted by atomic mass is 9.87. The van der Waals surface area contributed by atoms with Crippen LogP contribution in [0.2, 0.25) is 10.0 Å². The fourth-order valence-corrected chi connectivity index (χ4v) is 3.46. The normalized spacial score (nSPS) is 18.9. The van der Waals surface area contributed by atoms with E-state index in [1.165, 1.54) is 0 Å². The van der Waals surface area contributed by atoms with E-state index in [0.29, 0.717) is 27.7 Å². The van der Waals surface area contributed by atoms with Crippen LogP contribution in [0.5, 0.6) is 0 Å². The molecule has 1 heterocycles. The van der Waals surface area contributed by atoms with E-state index in [0.717, 1.165) is 10.5 Å². The van der Waals surface area contributed by atoms with Gasteiger partial charge in [-0.15, -0.1) is 0 Å². The zero-order valence-electron chi connectivity index (χ0n) is 15.4. The molecule has 1 aliphatic heterocycles. The molecule has 146 valence electrons. The van der Waals surface area contributed by atoms with E-state index in [-0.39, 0.29) is 0 Å². The summed E-state index contributed by atoms with van der Waals surface area (Å²) in [5.74, 6) is -0.967. The number of hydrogen-bond acceptors (Lipinski definition) is 3. The molecule has 0 unspecified atom stereocenters. The molecule has 3 rings (SSSR count). The van der Waals surface area contributed by atoms with Gasteiger partial charge in [-0.2, -0.15) is 0 Å². The van der Waals surface area contributed by atoms with Crippen molar-refractivity contribution in [3.05, 3.63) is 63.6 Å². The molecule has 0 aliphatic carbocycles. The van der Waals surface area contributed by atoms with Crippen LogP contribution in [0.4, 0.5) is 10.5 Å². The number of carbonyl (C=O) groups excluding carboxylic acids is 3.